The van der Waals surface area contributed by atoms with Gasteiger partial charge in [-0.25, -0.2) is 0 Å². The number of fused-ring (bicyclic) bond motifs is 2. The van der Waals surface area contributed by atoms with E-state index in [9.17, 15) is 9.59 Å². The molecule has 2 saturated carbocycles. The van der Waals surface area contributed by atoms with Crippen LogP contribution in [0.5, 0.6) is 0 Å². The molecule has 3 aliphatic rings. The van der Waals surface area contributed by atoms with Crippen molar-refractivity contribution in [3.63, 3.8) is 0 Å². The summed E-state index contributed by atoms with van der Waals surface area (Å²) in [7, 11) is 0. The van der Waals surface area contributed by atoms with E-state index in [0.29, 0.717) is 0 Å². The molecule has 19 heavy (non-hydrogen) atoms. The smallest absolute Gasteiger partial charge is 0.233 e. The van der Waals surface area contributed by atoms with Crippen LogP contribution in [0.25, 0.3) is 0 Å². The summed E-state index contributed by atoms with van der Waals surface area (Å²) in [6.45, 7) is 8.16. The third-order valence-electron chi connectivity index (χ3n) is 6.47. The predicted molar refractivity (Wildman–Crippen MR) is 73.5 cm³/mol. The number of amides is 1. The van der Waals surface area contributed by atoms with Gasteiger partial charge in [-0.15, -0.1) is 0 Å². The minimum Gasteiger partial charge on any atom is -0.342 e. The minimum atomic E-state index is -0.341. The van der Waals surface area contributed by atoms with Crippen molar-refractivity contribution in [2.24, 2.45) is 22.7 Å². The fraction of sp³-hybridized carbons (Fsp3) is 0.875. The third kappa shape index (κ3) is 1.56. The van der Waals surface area contributed by atoms with Gasteiger partial charge in [0.15, 0.2) is 5.78 Å². The average molecular weight is 263 g/mol. The Morgan fingerprint density at radius 2 is 1.79 bits per heavy atom. The lowest BCUT2D eigenvalue weighted by atomic mass is 9.70. The van der Waals surface area contributed by atoms with E-state index in [0.717, 1.165) is 38.8 Å². The molecule has 0 aromatic rings. The molecule has 0 unspecified atom stereocenters. The molecule has 0 aromatic heterocycles. The zero-order valence-electron chi connectivity index (χ0n) is 12.4. The molecule has 3 rings (SSSR count). The molecule has 0 radical (unpaired) electrons. The summed E-state index contributed by atoms with van der Waals surface area (Å²) in [5.41, 5.74) is -0.284. The fourth-order valence-electron chi connectivity index (χ4n) is 4.68. The summed E-state index contributed by atoms with van der Waals surface area (Å²) in [6, 6.07) is 0. The number of carbonyl (C=O) groups excluding carboxylic acids is 2. The standard InChI is InChI=1S/C16H25NO2/c1-15(2)11-7-8-16(15,3)13(18)12(11)14(19)17-9-5-4-6-10-17/h11-12H,4-10H2,1-3H3/t11-,12+,16+/m0/s1. The van der Waals surface area contributed by atoms with Gasteiger partial charge in [0.2, 0.25) is 5.91 Å². The molecular weight excluding hydrogens is 238 g/mol. The van der Waals surface area contributed by atoms with Crippen molar-refractivity contribution in [3.8, 4) is 0 Å². The molecule has 0 aromatic carbocycles. The number of ketones is 1. The van der Waals surface area contributed by atoms with Crippen molar-refractivity contribution in [1.29, 1.82) is 0 Å². The molecule has 2 aliphatic carbocycles. The highest BCUT2D eigenvalue weighted by Crippen LogP contribution is 2.65. The number of piperidine rings is 1. The van der Waals surface area contributed by atoms with Crippen LogP contribution in [0, 0.1) is 22.7 Å². The number of likely N-dealkylation sites (tertiary alicyclic amines) is 1. The second-order valence-electron chi connectivity index (χ2n) is 7.43. The van der Waals surface area contributed by atoms with E-state index >= 15 is 0 Å². The Labute approximate surface area is 115 Å². The summed E-state index contributed by atoms with van der Waals surface area (Å²) in [5.74, 6) is 0.279. The Morgan fingerprint density at radius 1 is 1.16 bits per heavy atom. The van der Waals surface area contributed by atoms with E-state index in [-0.39, 0.29) is 34.4 Å². The molecule has 0 N–H and O–H groups in total. The largest absolute Gasteiger partial charge is 0.342 e. The van der Waals surface area contributed by atoms with Crippen molar-refractivity contribution >= 4 is 11.7 Å². The Balaban J connectivity index is 1.86. The molecule has 3 nitrogen and oxygen atoms in total. The van der Waals surface area contributed by atoms with Gasteiger partial charge in [0, 0.05) is 18.5 Å². The van der Waals surface area contributed by atoms with Crippen LogP contribution < -0.4 is 0 Å². The summed E-state index contributed by atoms with van der Waals surface area (Å²) < 4.78 is 0. The van der Waals surface area contributed by atoms with Gasteiger partial charge >= 0.3 is 0 Å². The normalized spacial score (nSPS) is 40.8. The van der Waals surface area contributed by atoms with Crippen LogP contribution >= 0.6 is 0 Å². The number of hydrogen-bond donors (Lipinski definition) is 0. The summed E-state index contributed by atoms with van der Waals surface area (Å²) in [4.78, 5) is 27.4. The van der Waals surface area contributed by atoms with Gasteiger partial charge in [-0.3, -0.25) is 9.59 Å². The highest BCUT2D eigenvalue weighted by Gasteiger charge is 2.68. The minimum absolute atomic E-state index is 0.0137. The van der Waals surface area contributed by atoms with E-state index in [2.05, 4.69) is 20.8 Å². The van der Waals surface area contributed by atoms with Crippen LogP contribution in [0.1, 0.15) is 52.9 Å². The molecule has 3 fully saturated rings. The zero-order chi connectivity index (χ0) is 13.8. The second kappa shape index (κ2) is 4.07. The van der Waals surface area contributed by atoms with Gasteiger partial charge in [-0.05, 0) is 43.4 Å². The van der Waals surface area contributed by atoms with Gasteiger partial charge in [-0.1, -0.05) is 20.8 Å². The van der Waals surface area contributed by atoms with Crippen molar-refractivity contribution in [1.82, 2.24) is 4.90 Å². The molecule has 106 valence electrons. The maximum atomic E-state index is 12.7. The van der Waals surface area contributed by atoms with E-state index in [1.165, 1.54) is 6.42 Å². The first kappa shape index (κ1) is 13.1. The van der Waals surface area contributed by atoms with Crippen LogP contribution in [0.2, 0.25) is 0 Å². The van der Waals surface area contributed by atoms with E-state index in [1.54, 1.807) is 0 Å². The van der Waals surface area contributed by atoms with Gasteiger partial charge in [0.25, 0.3) is 0 Å². The summed E-state index contributed by atoms with van der Waals surface area (Å²) in [6.07, 6.45) is 5.41. The van der Waals surface area contributed by atoms with Crippen molar-refractivity contribution in [2.45, 2.75) is 52.9 Å². The molecule has 1 aliphatic heterocycles. The quantitative estimate of drug-likeness (QED) is 0.682. The van der Waals surface area contributed by atoms with E-state index in [4.69, 9.17) is 0 Å². The lowest BCUT2D eigenvalue weighted by Gasteiger charge is -2.32. The highest BCUT2D eigenvalue weighted by molar-refractivity contribution is 6.07. The number of Topliss-reactive ketones (excluding diaryl/α,β-unsaturated/α-hetero) is 1. The molecule has 1 amide bonds. The van der Waals surface area contributed by atoms with Crippen molar-refractivity contribution < 1.29 is 9.59 Å². The highest BCUT2D eigenvalue weighted by atomic mass is 16.2. The fourth-order valence-corrected chi connectivity index (χ4v) is 4.68. The first-order valence-corrected chi connectivity index (χ1v) is 7.73. The van der Waals surface area contributed by atoms with Crippen LogP contribution in [-0.4, -0.2) is 29.7 Å². The molecule has 3 heteroatoms. The monoisotopic (exact) mass is 263 g/mol. The molecule has 3 atom stereocenters. The molecule has 0 spiro atoms. The van der Waals surface area contributed by atoms with Crippen molar-refractivity contribution in [3.05, 3.63) is 0 Å². The van der Waals surface area contributed by atoms with Gasteiger partial charge in [0.1, 0.15) is 5.92 Å². The Morgan fingerprint density at radius 3 is 2.32 bits per heavy atom. The number of carbonyl (C=O) groups is 2. The number of rotatable bonds is 1. The maximum absolute atomic E-state index is 12.7. The molecule has 2 bridgehead atoms. The number of nitrogens with zero attached hydrogens (tertiary/aromatic N) is 1. The van der Waals surface area contributed by atoms with Gasteiger partial charge < -0.3 is 4.90 Å². The SMILES string of the molecule is CC1(C)[C@H]2CC[C@]1(C)C(=O)[C@@H]2C(=O)N1CCCCC1. The zero-order valence-corrected chi connectivity index (χ0v) is 12.4. The first-order valence-electron chi connectivity index (χ1n) is 7.73. The lowest BCUT2D eigenvalue weighted by molar-refractivity contribution is -0.145. The lowest BCUT2D eigenvalue weighted by Crippen LogP contribution is -2.45. The van der Waals surface area contributed by atoms with Crippen LogP contribution in [0.3, 0.4) is 0 Å². The van der Waals surface area contributed by atoms with Crippen LogP contribution in [0.15, 0.2) is 0 Å². The maximum Gasteiger partial charge on any atom is 0.233 e. The Hall–Kier alpha value is -0.860. The Bertz CT molecular complexity index is 422. The van der Waals surface area contributed by atoms with E-state index in [1.807, 2.05) is 4.90 Å². The summed E-state index contributed by atoms with van der Waals surface area (Å²) in [5, 5.41) is 0. The second-order valence-corrected chi connectivity index (χ2v) is 7.43. The van der Waals surface area contributed by atoms with Crippen LogP contribution in [-0.2, 0) is 9.59 Å². The van der Waals surface area contributed by atoms with Crippen LogP contribution in [0.4, 0.5) is 0 Å². The average Bonchev–Trinajstić information content (AvgIpc) is 2.71. The molecule has 1 saturated heterocycles. The molecular formula is C16H25NO2. The van der Waals surface area contributed by atoms with E-state index < -0.39 is 0 Å². The van der Waals surface area contributed by atoms with Crippen molar-refractivity contribution in [2.75, 3.05) is 13.1 Å². The third-order valence-corrected chi connectivity index (χ3v) is 6.47. The van der Waals surface area contributed by atoms with Gasteiger partial charge in [-0.2, -0.15) is 0 Å². The predicted octanol–water partition coefficient (Wildman–Crippen LogP) is 2.64. The summed E-state index contributed by atoms with van der Waals surface area (Å²) >= 11 is 0. The first-order chi connectivity index (χ1) is 8.89. The molecule has 1 heterocycles. The topological polar surface area (TPSA) is 37.4 Å². The Kier molecular flexibility index (Phi) is 2.81. The number of hydrogen-bond acceptors (Lipinski definition) is 2. The van der Waals surface area contributed by atoms with Gasteiger partial charge in [0.05, 0.1) is 0 Å².